The lowest BCUT2D eigenvalue weighted by Gasteiger charge is -2.28. The van der Waals surface area contributed by atoms with Crippen molar-refractivity contribution in [3.05, 3.63) is 84.4 Å². The number of carbonyl (C=O) groups is 3. The van der Waals surface area contributed by atoms with E-state index in [1.807, 2.05) is 53.4 Å². The summed E-state index contributed by atoms with van der Waals surface area (Å²) in [5, 5.41) is 24.3. The molecule has 0 radical (unpaired) electrons. The molecule has 0 aromatic heterocycles. The first-order valence-electron chi connectivity index (χ1n) is 12.3. The van der Waals surface area contributed by atoms with Gasteiger partial charge in [0.1, 0.15) is 6.04 Å². The van der Waals surface area contributed by atoms with E-state index in [1.54, 1.807) is 39.0 Å². The third kappa shape index (κ3) is 6.01. The minimum absolute atomic E-state index is 0.114. The second kappa shape index (κ2) is 11.0. The summed E-state index contributed by atoms with van der Waals surface area (Å²) in [5.41, 5.74) is 2.02. The number of para-hydroxylation sites is 3. The van der Waals surface area contributed by atoms with Crippen LogP contribution in [-0.4, -0.2) is 47.1 Å². The molecule has 1 heterocycles. The number of hydrogen-bond acceptors (Lipinski definition) is 6. The Kier molecular flexibility index (Phi) is 7.80. The number of aliphatic hydroxyl groups excluding tert-OH is 1. The van der Waals surface area contributed by atoms with Crippen molar-refractivity contribution in [2.75, 3.05) is 28.2 Å². The van der Waals surface area contributed by atoms with Crippen LogP contribution in [-0.2, 0) is 9.59 Å². The zero-order valence-corrected chi connectivity index (χ0v) is 21.6. The average molecular weight is 517 g/mol. The first kappa shape index (κ1) is 26.8. The van der Waals surface area contributed by atoms with E-state index in [1.165, 1.54) is 17.0 Å². The van der Waals surface area contributed by atoms with Gasteiger partial charge in [-0.3, -0.25) is 9.59 Å². The fraction of sp³-hybridized carbons (Fsp3) is 0.276. The zero-order valence-electron chi connectivity index (χ0n) is 21.6. The zero-order chi connectivity index (χ0) is 27.4. The van der Waals surface area contributed by atoms with Gasteiger partial charge in [-0.2, -0.15) is 0 Å². The number of urea groups is 1. The number of aliphatic hydroxyl groups is 2. The van der Waals surface area contributed by atoms with Crippen LogP contribution in [0.2, 0.25) is 0 Å². The molecule has 0 saturated heterocycles. The molecule has 3 aromatic rings. The molecule has 38 heavy (non-hydrogen) atoms. The summed E-state index contributed by atoms with van der Waals surface area (Å²) in [6.45, 7) is 5.41. The Morgan fingerprint density at radius 3 is 2.26 bits per heavy atom. The van der Waals surface area contributed by atoms with Crippen LogP contribution in [0.1, 0.15) is 32.6 Å². The minimum Gasteiger partial charge on any atom is -0.364 e. The van der Waals surface area contributed by atoms with Crippen molar-refractivity contribution in [1.82, 2.24) is 5.32 Å². The average Bonchev–Trinajstić information content (AvgIpc) is 2.99. The van der Waals surface area contributed by atoms with Gasteiger partial charge in [0.15, 0.2) is 12.1 Å². The molecule has 9 nitrogen and oxygen atoms in total. The summed E-state index contributed by atoms with van der Waals surface area (Å²) in [6, 6.07) is 21.4. The Balaban J connectivity index is 1.69. The Hall–Kier alpha value is -4.21. The summed E-state index contributed by atoms with van der Waals surface area (Å²) in [5.74, 6) is -0.528. The van der Waals surface area contributed by atoms with E-state index in [0.29, 0.717) is 11.4 Å². The van der Waals surface area contributed by atoms with Gasteiger partial charge in [0.05, 0.1) is 24.5 Å². The molecule has 0 fully saturated rings. The number of rotatable bonds is 6. The standard InChI is InChI=1S/C29H32N4O5/c1-29(2,3)25(34)18-33-24-15-8-7-14-23(24)32(21-12-5-4-6-13-21)17-22(26(33)35)31-28(38)30-20-11-9-10-19(16-20)27(36)37/h4-16,22,27,36-37H,17-18H2,1-3H3,(H2,30,31,38). The topological polar surface area (TPSA) is 122 Å². The minimum atomic E-state index is -1.69. The lowest BCUT2D eigenvalue weighted by atomic mass is 9.90. The molecule has 0 saturated carbocycles. The second-order valence-corrected chi connectivity index (χ2v) is 10.2. The molecule has 1 aliphatic heterocycles. The van der Waals surface area contributed by atoms with E-state index in [2.05, 4.69) is 10.6 Å². The van der Waals surface area contributed by atoms with Gasteiger partial charge in [0, 0.05) is 22.4 Å². The van der Waals surface area contributed by atoms with Gasteiger partial charge in [0.2, 0.25) is 0 Å². The van der Waals surface area contributed by atoms with Gasteiger partial charge < -0.3 is 30.6 Å². The number of ketones is 1. The summed E-state index contributed by atoms with van der Waals surface area (Å²) >= 11 is 0. The van der Waals surface area contributed by atoms with E-state index in [4.69, 9.17) is 0 Å². The van der Waals surface area contributed by atoms with E-state index >= 15 is 0 Å². The maximum atomic E-state index is 13.9. The van der Waals surface area contributed by atoms with E-state index < -0.39 is 29.7 Å². The van der Waals surface area contributed by atoms with Crippen LogP contribution >= 0.6 is 0 Å². The lowest BCUT2D eigenvalue weighted by molar-refractivity contribution is -0.127. The maximum absolute atomic E-state index is 13.9. The molecule has 1 unspecified atom stereocenters. The van der Waals surface area contributed by atoms with Crippen LogP contribution in [0, 0.1) is 5.41 Å². The van der Waals surface area contributed by atoms with Crippen molar-refractivity contribution in [3.63, 3.8) is 0 Å². The van der Waals surface area contributed by atoms with Crippen LogP contribution in [0.4, 0.5) is 27.5 Å². The number of nitrogens with one attached hydrogen (secondary N) is 2. The SMILES string of the molecule is CC(C)(C)C(=O)CN1C(=O)C(NC(=O)Nc2cccc(C(O)O)c2)CN(c2ccccc2)c2ccccc21. The van der Waals surface area contributed by atoms with Crippen molar-refractivity contribution in [2.45, 2.75) is 33.1 Å². The largest absolute Gasteiger partial charge is 0.364 e. The van der Waals surface area contributed by atoms with Crippen molar-refractivity contribution in [3.8, 4) is 0 Å². The van der Waals surface area contributed by atoms with Gasteiger partial charge in [-0.15, -0.1) is 0 Å². The van der Waals surface area contributed by atoms with Crippen LogP contribution in [0.15, 0.2) is 78.9 Å². The molecular formula is C29H32N4O5. The predicted molar refractivity (Wildman–Crippen MR) is 146 cm³/mol. The van der Waals surface area contributed by atoms with E-state index in [9.17, 15) is 24.6 Å². The van der Waals surface area contributed by atoms with E-state index in [0.717, 1.165) is 11.4 Å². The predicted octanol–water partition coefficient (Wildman–Crippen LogP) is 3.96. The first-order valence-corrected chi connectivity index (χ1v) is 12.3. The maximum Gasteiger partial charge on any atom is 0.319 e. The van der Waals surface area contributed by atoms with Crippen LogP contribution < -0.4 is 20.4 Å². The fourth-order valence-electron chi connectivity index (χ4n) is 4.19. The lowest BCUT2D eigenvalue weighted by Crippen LogP contribution is -2.54. The second-order valence-electron chi connectivity index (χ2n) is 10.2. The number of amides is 3. The molecule has 198 valence electrons. The first-order chi connectivity index (χ1) is 18.0. The molecule has 0 bridgehead atoms. The van der Waals surface area contributed by atoms with Gasteiger partial charge in [-0.25, -0.2) is 4.79 Å². The summed E-state index contributed by atoms with van der Waals surface area (Å²) in [4.78, 5) is 43.4. The number of hydrogen-bond donors (Lipinski definition) is 4. The number of carbonyl (C=O) groups excluding carboxylic acids is 3. The molecule has 9 heteroatoms. The molecule has 3 aromatic carbocycles. The number of Topliss-reactive ketones (excluding diaryl/α,β-unsaturated/α-hetero) is 1. The van der Waals surface area contributed by atoms with Crippen LogP contribution in [0.25, 0.3) is 0 Å². The van der Waals surface area contributed by atoms with Crippen LogP contribution in [0.3, 0.4) is 0 Å². The summed E-state index contributed by atoms with van der Waals surface area (Å²) < 4.78 is 0. The number of fused-ring (bicyclic) bond motifs is 1. The third-order valence-corrected chi connectivity index (χ3v) is 6.35. The van der Waals surface area contributed by atoms with Crippen molar-refractivity contribution < 1.29 is 24.6 Å². The van der Waals surface area contributed by atoms with Gasteiger partial charge in [-0.1, -0.05) is 63.2 Å². The Morgan fingerprint density at radius 1 is 0.947 bits per heavy atom. The third-order valence-electron chi connectivity index (χ3n) is 6.35. The van der Waals surface area contributed by atoms with Crippen molar-refractivity contribution >= 4 is 40.5 Å². The Labute approximate surface area is 221 Å². The Bertz CT molecular complexity index is 1320. The summed E-state index contributed by atoms with van der Waals surface area (Å²) in [6.07, 6.45) is -1.69. The molecule has 4 rings (SSSR count). The van der Waals surface area contributed by atoms with E-state index in [-0.39, 0.29) is 24.4 Å². The number of nitrogens with zero attached hydrogens (tertiary/aromatic N) is 2. The molecule has 1 atom stereocenters. The smallest absolute Gasteiger partial charge is 0.319 e. The number of benzene rings is 3. The fourth-order valence-corrected chi connectivity index (χ4v) is 4.19. The quantitative estimate of drug-likeness (QED) is 0.368. The highest BCUT2D eigenvalue weighted by molar-refractivity contribution is 6.08. The van der Waals surface area contributed by atoms with Gasteiger partial charge in [0.25, 0.3) is 5.91 Å². The van der Waals surface area contributed by atoms with Crippen molar-refractivity contribution in [1.29, 1.82) is 0 Å². The monoisotopic (exact) mass is 516 g/mol. The highest BCUT2D eigenvalue weighted by atomic mass is 16.5. The Morgan fingerprint density at radius 2 is 1.61 bits per heavy atom. The molecule has 0 spiro atoms. The molecule has 3 amide bonds. The molecular weight excluding hydrogens is 484 g/mol. The summed E-state index contributed by atoms with van der Waals surface area (Å²) in [7, 11) is 0. The van der Waals surface area contributed by atoms with Crippen LogP contribution in [0.5, 0.6) is 0 Å². The highest BCUT2D eigenvalue weighted by Crippen LogP contribution is 2.37. The normalized spacial score (nSPS) is 15.6. The van der Waals surface area contributed by atoms with Gasteiger partial charge in [-0.05, 0) is 36.4 Å². The molecule has 4 N–H and O–H groups in total. The van der Waals surface area contributed by atoms with Crippen molar-refractivity contribution in [2.24, 2.45) is 5.41 Å². The van der Waals surface area contributed by atoms with Gasteiger partial charge >= 0.3 is 6.03 Å². The highest BCUT2D eigenvalue weighted by Gasteiger charge is 2.37. The molecule has 0 aliphatic carbocycles. The molecule has 1 aliphatic rings. The number of anilines is 4.